The molecule has 0 fully saturated rings. The van der Waals surface area contributed by atoms with E-state index in [2.05, 4.69) is 79.7 Å². The van der Waals surface area contributed by atoms with Gasteiger partial charge >= 0.3 is 0 Å². The van der Waals surface area contributed by atoms with Crippen molar-refractivity contribution in [1.82, 2.24) is 0 Å². The van der Waals surface area contributed by atoms with Crippen LogP contribution in [0.5, 0.6) is 0 Å². The monoisotopic (exact) mass is 268 g/mol. The smallest absolute Gasteiger partial charge is 0.0129 e. The molecular formula is C20H28. The second-order valence-corrected chi connectivity index (χ2v) is 8.18. The van der Waals surface area contributed by atoms with Crippen LogP contribution in [0.1, 0.15) is 55.4 Å². The molecule has 0 heteroatoms. The second kappa shape index (κ2) is 4.62. The van der Waals surface area contributed by atoms with Gasteiger partial charge in [0.2, 0.25) is 0 Å². The molecule has 0 bridgehead atoms. The molecule has 0 atom stereocenters. The van der Waals surface area contributed by atoms with Crippen LogP contribution in [0.4, 0.5) is 0 Å². The maximum Gasteiger partial charge on any atom is -0.0129 e. The minimum absolute atomic E-state index is 0.192. The van der Waals surface area contributed by atoms with Gasteiger partial charge in [0.1, 0.15) is 0 Å². The average molecular weight is 268 g/mol. The summed E-state index contributed by atoms with van der Waals surface area (Å²) >= 11 is 0. The Morgan fingerprint density at radius 2 is 0.850 bits per heavy atom. The first-order valence-corrected chi connectivity index (χ1v) is 7.56. The lowest BCUT2D eigenvalue weighted by Crippen LogP contribution is -2.18. The van der Waals surface area contributed by atoms with Gasteiger partial charge in [0.05, 0.1) is 0 Å². The van der Waals surface area contributed by atoms with Crippen molar-refractivity contribution in [2.24, 2.45) is 10.8 Å². The summed E-state index contributed by atoms with van der Waals surface area (Å²) in [7, 11) is 0. The lowest BCUT2D eigenvalue weighted by Gasteiger charge is -2.30. The van der Waals surface area contributed by atoms with Gasteiger partial charge in [-0.2, -0.15) is 0 Å². The summed E-state index contributed by atoms with van der Waals surface area (Å²) in [5.74, 6) is 0. The van der Waals surface area contributed by atoms with E-state index in [4.69, 9.17) is 0 Å². The van der Waals surface area contributed by atoms with Crippen LogP contribution in [0.2, 0.25) is 0 Å². The summed E-state index contributed by atoms with van der Waals surface area (Å²) in [4.78, 5) is 0. The Hall–Kier alpha value is -1.30. The fraction of sp³-hybridized carbons (Fsp3) is 0.500. The molecule has 0 heterocycles. The minimum Gasteiger partial charge on any atom is -0.0561 e. The Morgan fingerprint density at radius 3 is 1.15 bits per heavy atom. The summed E-state index contributed by atoms with van der Waals surface area (Å²) in [6.07, 6.45) is 9.41. The molecule has 0 saturated carbocycles. The topological polar surface area (TPSA) is 0 Å². The predicted octanol–water partition coefficient (Wildman–Crippen LogP) is 6.15. The highest BCUT2D eigenvalue weighted by atomic mass is 14.4. The third-order valence-corrected chi connectivity index (χ3v) is 4.21. The van der Waals surface area contributed by atoms with Crippen molar-refractivity contribution in [2.75, 3.05) is 0 Å². The predicted molar refractivity (Wildman–Crippen MR) is 89.6 cm³/mol. The van der Waals surface area contributed by atoms with Gasteiger partial charge in [0.25, 0.3) is 0 Å². The molecule has 0 amide bonds. The Balaban J connectivity index is 2.59. The van der Waals surface area contributed by atoms with Gasteiger partial charge in [-0.25, -0.2) is 0 Å². The molecule has 0 radical (unpaired) electrons. The van der Waals surface area contributed by atoms with E-state index in [1.54, 1.807) is 0 Å². The van der Waals surface area contributed by atoms with Crippen LogP contribution in [0.25, 0.3) is 0 Å². The molecule has 2 rings (SSSR count). The lowest BCUT2D eigenvalue weighted by molar-refractivity contribution is 0.449. The zero-order valence-corrected chi connectivity index (χ0v) is 14.3. The van der Waals surface area contributed by atoms with E-state index in [0.717, 1.165) is 0 Å². The number of hydrogen-bond donors (Lipinski definition) is 0. The fourth-order valence-corrected chi connectivity index (χ4v) is 2.82. The van der Waals surface area contributed by atoms with E-state index in [1.807, 2.05) is 0 Å². The van der Waals surface area contributed by atoms with E-state index >= 15 is 0 Å². The first-order valence-electron chi connectivity index (χ1n) is 7.56. The maximum absolute atomic E-state index is 2.40. The van der Waals surface area contributed by atoms with Gasteiger partial charge in [-0.1, -0.05) is 65.8 Å². The molecule has 108 valence electrons. The summed E-state index contributed by atoms with van der Waals surface area (Å²) in [6, 6.07) is 0. The third kappa shape index (κ3) is 2.75. The van der Waals surface area contributed by atoms with Crippen molar-refractivity contribution in [2.45, 2.75) is 55.4 Å². The molecule has 0 aliphatic heterocycles. The van der Waals surface area contributed by atoms with E-state index in [1.165, 1.54) is 33.4 Å². The number of rotatable bonds is 0. The van der Waals surface area contributed by atoms with Gasteiger partial charge in [0.15, 0.2) is 0 Å². The first-order chi connectivity index (χ1) is 9.00. The zero-order valence-electron chi connectivity index (χ0n) is 14.3. The Morgan fingerprint density at radius 1 is 0.550 bits per heavy atom. The van der Waals surface area contributed by atoms with E-state index in [-0.39, 0.29) is 10.8 Å². The summed E-state index contributed by atoms with van der Waals surface area (Å²) in [5.41, 5.74) is 8.85. The molecule has 20 heavy (non-hydrogen) atoms. The molecule has 0 aromatic carbocycles. The Labute approximate surface area is 124 Å². The molecule has 0 aromatic rings. The van der Waals surface area contributed by atoms with Crippen LogP contribution in [-0.4, -0.2) is 0 Å². The van der Waals surface area contributed by atoms with Crippen LogP contribution >= 0.6 is 0 Å². The Bertz CT molecular complexity index is 533. The molecule has 0 N–H and O–H groups in total. The van der Waals surface area contributed by atoms with Crippen molar-refractivity contribution in [3.8, 4) is 0 Å². The molecule has 0 saturated heterocycles. The summed E-state index contributed by atoms with van der Waals surface area (Å²) in [6.45, 7) is 18.2. The van der Waals surface area contributed by atoms with Crippen molar-refractivity contribution in [3.05, 3.63) is 57.7 Å². The Kier molecular flexibility index (Phi) is 3.48. The highest BCUT2D eigenvalue weighted by Crippen LogP contribution is 2.46. The summed E-state index contributed by atoms with van der Waals surface area (Å²) < 4.78 is 0. The van der Waals surface area contributed by atoms with Gasteiger partial charge in [0, 0.05) is 0 Å². The molecule has 2 aliphatic carbocycles. The number of allylic oxidation sites excluding steroid dienone is 10. The highest BCUT2D eigenvalue weighted by Gasteiger charge is 2.31. The van der Waals surface area contributed by atoms with E-state index < -0.39 is 0 Å². The highest BCUT2D eigenvalue weighted by molar-refractivity contribution is 5.64. The standard InChI is InChI=1S/C20H28/c1-13-9-15(10-14(13)2)16-11-17(19(3,4)5)18(12-16)20(6,7)8/h9-12H,1-8H3. The van der Waals surface area contributed by atoms with Crippen molar-refractivity contribution in [3.63, 3.8) is 0 Å². The molecular weight excluding hydrogens is 240 g/mol. The maximum atomic E-state index is 2.40. The number of hydrogen-bond acceptors (Lipinski definition) is 0. The van der Waals surface area contributed by atoms with Crippen molar-refractivity contribution >= 4 is 0 Å². The molecule has 0 unspecified atom stereocenters. The van der Waals surface area contributed by atoms with E-state index in [0.29, 0.717) is 0 Å². The normalized spacial score (nSPS) is 20.0. The van der Waals surface area contributed by atoms with E-state index in [9.17, 15) is 0 Å². The van der Waals surface area contributed by atoms with Gasteiger partial charge in [-0.3, -0.25) is 0 Å². The minimum atomic E-state index is 0.192. The van der Waals surface area contributed by atoms with Crippen LogP contribution in [0.15, 0.2) is 57.7 Å². The van der Waals surface area contributed by atoms with Gasteiger partial charge in [-0.05, 0) is 58.1 Å². The van der Waals surface area contributed by atoms with Crippen molar-refractivity contribution in [1.29, 1.82) is 0 Å². The van der Waals surface area contributed by atoms with Crippen molar-refractivity contribution < 1.29 is 0 Å². The van der Waals surface area contributed by atoms with Crippen LogP contribution in [-0.2, 0) is 0 Å². The van der Waals surface area contributed by atoms with Crippen LogP contribution in [0, 0.1) is 10.8 Å². The quantitative estimate of drug-likeness (QED) is 0.494. The molecule has 0 nitrogen and oxygen atoms in total. The second-order valence-electron chi connectivity index (χ2n) is 8.18. The zero-order chi connectivity index (χ0) is 15.3. The van der Waals surface area contributed by atoms with Crippen LogP contribution in [0.3, 0.4) is 0 Å². The first kappa shape index (κ1) is 15.1. The summed E-state index contributed by atoms with van der Waals surface area (Å²) in [5, 5.41) is 0. The fourth-order valence-electron chi connectivity index (χ4n) is 2.82. The molecule has 0 spiro atoms. The largest absolute Gasteiger partial charge is 0.0561 e. The lowest BCUT2D eigenvalue weighted by atomic mass is 9.74. The van der Waals surface area contributed by atoms with Gasteiger partial charge < -0.3 is 0 Å². The SMILES string of the molecule is CC1=CC(=C2C=C(C(C)(C)C)C(C(C)(C)C)=C2)C=C1C. The third-order valence-electron chi connectivity index (χ3n) is 4.21. The average Bonchev–Trinajstić information content (AvgIpc) is 2.82. The molecule has 0 aromatic heterocycles. The van der Waals surface area contributed by atoms with Gasteiger partial charge in [-0.15, -0.1) is 0 Å². The van der Waals surface area contributed by atoms with Crippen LogP contribution < -0.4 is 0 Å². The molecule has 2 aliphatic rings.